The van der Waals surface area contributed by atoms with Crippen LogP contribution < -0.4 is 11.1 Å². The molecule has 0 spiro atoms. The second kappa shape index (κ2) is 5.52. The topological polar surface area (TPSA) is 74.7 Å². The van der Waals surface area contributed by atoms with Crippen LogP contribution in [0.5, 0.6) is 0 Å². The van der Waals surface area contributed by atoms with Gasteiger partial charge in [0.05, 0.1) is 16.3 Å². The summed E-state index contributed by atoms with van der Waals surface area (Å²) in [7, 11) is 0. The van der Waals surface area contributed by atoms with Crippen molar-refractivity contribution in [1.29, 1.82) is 5.26 Å². The first-order chi connectivity index (χ1) is 8.69. The maximum Gasteiger partial charge on any atom is 0.101 e. The van der Waals surface area contributed by atoms with E-state index < -0.39 is 0 Å². The van der Waals surface area contributed by atoms with Gasteiger partial charge >= 0.3 is 0 Å². The molecule has 0 saturated heterocycles. The number of benzene rings is 1. The van der Waals surface area contributed by atoms with E-state index in [2.05, 4.69) is 16.4 Å². The summed E-state index contributed by atoms with van der Waals surface area (Å²) < 4.78 is 0. The van der Waals surface area contributed by atoms with Crippen LogP contribution in [0.1, 0.15) is 16.3 Å². The summed E-state index contributed by atoms with van der Waals surface area (Å²) in [6, 6.07) is 7.43. The molecule has 4 nitrogen and oxygen atoms in total. The Balaban J connectivity index is 1.96. The zero-order valence-electron chi connectivity index (χ0n) is 10.1. The predicted molar refractivity (Wildman–Crippen MR) is 74.6 cm³/mol. The third-order valence-electron chi connectivity index (χ3n) is 2.48. The van der Waals surface area contributed by atoms with Gasteiger partial charge in [-0.15, -0.1) is 11.3 Å². The Morgan fingerprint density at radius 2 is 2.33 bits per heavy atom. The molecule has 1 aromatic heterocycles. The van der Waals surface area contributed by atoms with Crippen LogP contribution in [-0.4, -0.2) is 11.5 Å². The molecule has 5 heteroatoms. The van der Waals surface area contributed by atoms with E-state index in [0.29, 0.717) is 11.3 Å². The Morgan fingerprint density at radius 1 is 1.50 bits per heavy atom. The van der Waals surface area contributed by atoms with Gasteiger partial charge in [-0.2, -0.15) is 5.26 Å². The molecular formula is C13H14N4S. The summed E-state index contributed by atoms with van der Waals surface area (Å²) in [4.78, 5) is 4.39. The number of aryl methyl sites for hydroxylation is 1. The number of nitrogen functional groups attached to an aromatic ring is 1. The van der Waals surface area contributed by atoms with Gasteiger partial charge in [0.2, 0.25) is 0 Å². The molecule has 0 atom stereocenters. The molecule has 92 valence electrons. The fourth-order valence-corrected chi connectivity index (χ4v) is 2.41. The third kappa shape index (κ3) is 2.99. The summed E-state index contributed by atoms with van der Waals surface area (Å²) in [6.07, 6.45) is 0.855. The fourth-order valence-electron chi connectivity index (χ4n) is 1.63. The lowest BCUT2D eigenvalue weighted by molar-refractivity contribution is 0.986. The van der Waals surface area contributed by atoms with E-state index in [0.717, 1.165) is 29.4 Å². The summed E-state index contributed by atoms with van der Waals surface area (Å²) in [5.41, 5.74) is 8.69. The van der Waals surface area contributed by atoms with Crippen molar-refractivity contribution < 1.29 is 0 Å². The number of hydrogen-bond donors (Lipinski definition) is 2. The Labute approximate surface area is 110 Å². The van der Waals surface area contributed by atoms with Crippen molar-refractivity contribution >= 4 is 22.7 Å². The predicted octanol–water partition coefficient (Wildman–Crippen LogP) is 2.56. The van der Waals surface area contributed by atoms with Gasteiger partial charge in [-0.1, -0.05) is 0 Å². The van der Waals surface area contributed by atoms with E-state index in [-0.39, 0.29) is 0 Å². The molecule has 0 bridgehead atoms. The van der Waals surface area contributed by atoms with E-state index in [4.69, 9.17) is 11.0 Å². The maximum absolute atomic E-state index is 9.01. The molecule has 0 radical (unpaired) electrons. The average Bonchev–Trinajstić information content (AvgIpc) is 2.77. The zero-order chi connectivity index (χ0) is 13.0. The van der Waals surface area contributed by atoms with E-state index in [1.54, 1.807) is 23.5 Å². The minimum absolute atomic E-state index is 0.574. The lowest BCUT2D eigenvalue weighted by Crippen LogP contribution is -2.06. The van der Waals surface area contributed by atoms with Crippen molar-refractivity contribution in [3.05, 3.63) is 39.8 Å². The van der Waals surface area contributed by atoms with Crippen molar-refractivity contribution in [2.75, 3.05) is 17.6 Å². The molecule has 2 aromatic rings. The second-order valence-electron chi connectivity index (χ2n) is 3.98. The van der Waals surface area contributed by atoms with Crippen LogP contribution in [0.15, 0.2) is 23.6 Å². The van der Waals surface area contributed by atoms with Crippen molar-refractivity contribution in [3.63, 3.8) is 0 Å². The molecule has 0 saturated carbocycles. The number of nitriles is 1. The highest BCUT2D eigenvalue weighted by Crippen LogP contribution is 2.18. The monoisotopic (exact) mass is 258 g/mol. The smallest absolute Gasteiger partial charge is 0.101 e. The summed E-state index contributed by atoms with van der Waals surface area (Å²) in [6.45, 7) is 2.74. The van der Waals surface area contributed by atoms with Gasteiger partial charge in [0, 0.05) is 29.7 Å². The van der Waals surface area contributed by atoms with Gasteiger partial charge in [0.25, 0.3) is 0 Å². The van der Waals surface area contributed by atoms with Crippen LogP contribution in [0.4, 0.5) is 11.4 Å². The number of anilines is 2. The van der Waals surface area contributed by atoms with Gasteiger partial charge < -0.3 is 11.1 Å². The molecule has 0 aliphatic rings. The highest BCUT2D eigenvalue weighted by atomic mass is 32.1. The first kappa shape index (κ1) is 12.4. The quantitative estimate of drug-likeness (QED) is 0.826. The minimum Gasteiger partial charge on any atom is -0.399 e. The zero-order valence-corrected chi connectivity index (χ0v) is 10.9. The number of nitrogens with two attached hydrogens (primary N) is 1. The first-order valence-corrected chi connectivity index (χ1v) is 6.51. The molecule has 18 heavy (non-hydrogen) atoms. The number of thiazole rings is 1. The Hall–Kier alpha value is -2.06. The molecule has 0 aliphatic heterocycles. The van der Waals surface area contributed by atoms with E-state index in [1.165, 1.54) is 0 Å². The SMILES string of the molecule is Cc1csc(CCNc2ccc(N)cc2C#N)n1. The molecule has 3 N–H and O–H groups in total. The Kier molecular flexibility index (Phi) is 3.80. The van der Waals surface area contributed by atoms with Gasteiger partial charge in [-0.25, -0.2) is 4.98 Å². The van der Waals surface area contributed by atoms with E-state index >= 15 is 0 Å². The fraction of sp³-hybridized carbons (Fsp3) is 0.231. The van der Waals surface area contributed by atoms with E-state index in [1.807, 2.05) is 18.4 Å². The molecule has 0 aliphatic carbocycles. The summed E-state index contributed by atoms with van der Waals surface area (Å²) in [5.74, 6) is 0. The van der Waals surface area contributed by atoms with Crippen LogP contribution in [0.3, 0.4) is 0 Å². The lowest BCUT2D eigenvalue weighted by atomic mass is 10.1. The number of aromatic nitrogens is 1. The minimum atomic E-state index is 0.574. The number of hydrogen-bond acceptors (Lipinski definition) is 5. The molecule has 0 fully saturated rings. The van der Waals surface area contributed by atoms with Gasteiger partial charge in [0.1, 0.15) is 6.07 Å². The number of nitrogens with zero attached hydrogens (tertiary/aromatic N) is 2. The van der Waals surface area contributed by atoms with Crippen molar-refractivity contribution in [2.45, 2.75) is 13.3 Å². The van der Waals surface area contributed by atoms with Crippen LogP contribution in [0.25, 0.3) is 0 Å². The van der Waals surface area contributed by atoms with Crippen molar-refractivity contribution in [1.82, 2.24) is 4.98 Å². The molecular weight excluding hydrogens is 244 g/mol. The Morgan fingerprint density at radius 3 is 3.00 bits per heavy atom. The summed E-state index contributed by atoms with van der Waals surface area (Å²) >= 11 is 1.66. The molecule has 2 rings (SSSR count). The second-order valence-corrected chi connectivity index (χ2v) is 4.92. The van der Waals surface area contributed by atoms with Crippen LogP contribution in [0, 0.1) is 18.3 Å². The third-order valence-corrected chi connectivity index (χ3v) is 3.51. The van der Waals surface area contributed by atoms with E-state index in [9.17, 15) is 0 Å². The van der Waals surface area contributed by atoms with Gasteiger partial charge in [-0.05, 0) is 25.1 Å². The van der Waals surface area contributed by atoms with Crippen molar-refractivity contribution in [3.8, 4) is 6.07 Å². The largest absolute Gasteiger partial charge is 0.399 e. The standard InChI is InChI=1S/C13H14N4S/c1-9-8-18-13(17-9)4-5-16-12-3-2-11(15)6-10(12)7-14/h2-3,6,8,16H,4-5,15H2,1H3. The highest BCUT2D eigenvalue weighted by molar-refractivity contribution is 7.09. The van der Waals surface area contributed by atoms with Crippen molar-refractivity contribution in [2.24, 2.45) is 0 Å². The van der Waals surface area contributed by atoms with Crippen LogP contribution in [0.2, 0.25) is 0 Å². The van der Waals surface area contributed by atoms with Crippen LogP contribution in [-0.2, 0) is 6.42 Å². The van der Waals surface area contributed by atoms with Gasteiger partial charge in [0.15, 0.2) is 0 Å². The Bertz CT molecular complexity index is 583. The van der Waals surface area contributed by atoms with Crippen LogP contribution >= 0.6 is 11.3 Å². The number of rotatable bonds is 4. The van der Waals surface area contributed by atoms with Gasteiger partial charge in [-0.3, -0.25) is 0 Å². The molecule has 1 aromatic carbocycles. The number of nitrogens with one attached hydrogen (secondary N) is 1. The normalized spacial score (nSPS) is 10.0. The lowest BCUT2D eigenvalue weighted by Gasteiger charge is -2.07. The first-order valence-electron chi connectivity index (χ1n) is 5.63. The molecule has 0 unspecified atom stereocenters. The molecule has 1 heterocycles. The highest BCUT2D eigenvalue weighted by Gasteiger charge is 2.03. The summed E-state index contributed by atoms with van der Waals surface area (Å²) in [5, 5.41) is 15.4. The maximum atomic E-state index is 9.01. The average molecular weight is 258 g/mol. The molecule has 0 amide bonds.